The van der Waals surface area contributed by atoms with Gasteiger partial charge in [-0.3, -0.25) is 14.4 Å². The maximum atomic E-state index is 12.7. The largest absolute Gasteiger partial charge is 0.496 e. The molecule has 9 heteroatoms. The van der Waals surface area contributed by atoms with E-state index in [0.29, 0.717) is 11.3 Å². The maximum Gasteiger partial charge on any atom is 0.347 e. The third kappa shape index (κ3) is 3.77. The van der Waals surface area contributed by atoms with E-state index in [1.165, 1.54) is 31.4 Å². The van der Waals surface area contributed by atoms with Crippen molar-refractivity contribution in [2.24, 2.45) is 23.7 Å². The lowest BCUT2D eigenvalue weighted by atomic mass is 9.80. The highest BCUT2D eigenvalue weighted by Gasteiger charge is 2.68. The highest BCUT2D eigenvalue weighted by atomic mass is 79.9. The smallest absolute Gasteiger partial charge is 0.347 e. The molecular formula is C25H21BrO8. The summed E-state index contributed by atoms with van der Waals surface area (Å²) >= 11 is 3.55. The molecule has 2 aromatic carbocycles. The summed E-state index contributed by atoms with van der Waals surface area (Å²) in [6.45, 7) is -0.439. The van der Waals surface area contributed by atoms with Gasteiger partial charge in [-0.1, -0.05) is 28.1 Å². The Hall–Kier alpha value is -3.20. The number of ketones is 1. The number of halogens is 1. The number of carbonyl (C=O) groups is 4. The highest BCUT2D eigenvalue weighted by molar-refractivity contribution is 9.09. The lowest BCUT2D eigenvalue weighted by Gasteiger charge is -2.26. The molecule has 0 aromatic heterocycles. The number of para-hydroxylation sites is 1. The van der Waals surface area contributed by atoms with Crippen molar-refractivity contribution in [2.45, 2.75) is 17.4 Å². The summed E-state index contributed by atoms with van der Waals surface area (Å²) in [6.07, 6.45) is 0.559. The average Bonchev–Trinajstić information content (AvgIpc) is 3.47. The first kappa shape index (κ1) is 22.6. The van der Waals surface area contributed by atoms with Crippen molar-refractivity contribution in [1.82, 2.24) is 0 Å². The van der Waals surface area contributed by atoms with Gasteiger partial charge in [-0.25, -0.2) is 4.79 Å². The van der Waals surface area contributed by atoms with Crippen LogP contribution in [-0.4, -0.2) is 48.3 Å². The first-order chi connectivity index (χ1) is 16.4. The molecule has 6 atom stereocenters. The number of methoxy groups -OCH3 is 1. The Morgan fingerprint density at radius 2 is 1.79 bits per heavy atom. The van der Waals surface area contributed by atoms with Crippen LogP contribution in [0.5, 0.6) is 11.5 Å². The zero-order valence-electron chi connectivity index (χ0n) is 18.1. The Kier molecular flexibility index (Phi) is 5.89. The lowest BCUT2D eigenvalue weighted by Crippen LogP contribution is -2.39. The van der Waals surface area contributed by atoms with Crippen LogP contribution in [-0.2, 0) is 19.1 Å². The minimum absolute atomic E-state index is 0.0289. The van der Waals surface area contributed by atoms with E-state index < -0.39 is 36.2 Å². The Bertz CT molecular complexity index is 1160. The SMILES string of the molecule is COc1ccccc1C(=O)Oc1ccc(C(=O)COC(=O)[C@@H]2[C@H]3C[C@H]4[C@H](OC(=O)[C@H]42)[C@H]3Br)cc1. The van der Waals surface area contributed by atoms with E-state index in [9.17, 15) is 19.2 Å². The zero-order valence-corrected chi connectivity index (χ0v) is 19.7. The second kappa shape index (κ2) is 8.87. The molecular weight excluding hydrogens is 508 g/mol. The van der Waals surface area contributed by atoms with E-state index in [1.54, 1.807) is 24.3 Å². The molecule has 0 spiro atoms. The molecule has 8 nitrogen and oxygen atoms in total. The van der Waals surface area contributed by atoms with Crippen molar-refractivity contribution in [1.29, 1.82) is 0 Å². The van der Waals surface area contributed by atoms with Crippen LogP contribution in [0.1, 0.15) is 27.1 Å². The van der Waals surface area contributed by atoms with Crippen LogP contribution in [0.2, 0.25) is 0 Å². The molecule has 34 heavy (non-hydrogen) atoms. The molecule has 2 bridgehead atoms. The molecule has 1 heterocycles. The van der Waals surface area contributed by atoms with Crippen LogP contribution >= 0.6 is 15.9 Å². The monoisotopic (exact) mass is 528 g/mol. The minimum Gasteiger partial charge on any atom is -0.496 e. The van der Waals surface area contributed by atoms with Gasteiger partial charge in [0.25, 0.3) is 0 Å². The Morgan fingerprint density at radius 1 is 1.06 bits per heavy atom. The van der Waals surface area contributed by atoms with Gasteiger partial charge in [-0.15, -0.1) is 0 Å². The Labute approximate surface area is 203 Å². The number of carbonyl (C=O) groups excluding carboxylic acids is 4. The van der Waals surface area contributed by atoms with E-state index in [-0.39, 0.29) is 40.0 Å². The van der Waals surface area contributed by atoms with Crippen LogP contribution < -0.4 is 9.47 Å². The molecule has 1 saturated heterocycles. The lowest BCUT2D eigenvalue weighted by molar-refractivity contribution is -0.154. The number of hydrogen-bond donors (Lipinski definition) is 0. The van der Waals surface area contributed by atoms with Gasteiger partial charge in [-0.05, 0) is 48.7 Å². The van der Waals surface area contributed by atoms with E-state index in [2.05, 4.69) is 15.9 Å². The number of rotatable bonds is 7. The Morgan fingerprint density at radius 3 is 2.53 bits per heavy atom. The molecule has 2 aliphatic carbocycles. The number of alkyl halides is 1. The van der Waals surface area contributed by atoms with Gasteiger partial charge in [0, 0.05) is 11.5 Å². The van der Waals surface area contributed by atoms with Crippen LogP contribution in [0.3, 0.4) is 0 Å². The molecule has 0 unspecified atom stereocenters. The number of hydrogen-bond acceptors (Lipinski definition) is 8. The summed E-state index contributed by atoms with van der Waals surface area (Å²) in [6, 6.07) is 12.7. The van der Waals surface area contributed by atoms with Crippen molar-refractivity contribution in [3.8, 4) is 11.5 Å². The summed E-state index contributed by atoms with van der Waals surface area (Å²) in [7, 11) is 1.46. The summed E-state index contributed by atoms with van der Waals surface area (Å²) in [4.78, 5) is 49.8. The van der Waals surface area contributed by atoms with Gasteiger partial charge in [0.2, 0.25) is 0 Å². The van der Waals surface area contributed by atoms with E-state index in [1.807, 2.05) is 0 Å². The standard InChI is InChI=1S/C25H21BrO8/c1-31-18-5-3-2-4-14(18)23(28)33-13-8-6-12(7-9-13)17(27)11-32-24(29)19-15-10-16-20(19)25(30)34-22(16)21(15)26/h2-9,15-16,19-22H,10-11H2,1H3/t15-,16-,19-,20-,21+,22+/m1/s1. The van der Waals surface area contributed by atoms with Crippen molar-refractivity contribution in [3.63, 3.8) is 0 Å². The third-order valence-electron chi connectivity index (χ3n) is 6.85. The van der Waals surface area contributed by atoms with Gasteiger partial charge in [0.1, 0.15) is 23.2 Å². The fourth-order valence-corrected chi connectivity index (χ4v) is 6.34. The summed E-state index contributed by atoms with van der Waals surface area (Å²) in [5.41, 5.74) is 0.581. The molecule has 1 aliphatic heterocycles. The molecule has 2 aromatic rings. The first-order valence-corrected chi connectivity index (χ1v) is 11.8. The van der Waals surface area contributed by atoms with Gasteiger partial charge < -0.3 is 18.9 Å². The summed E-state index contributed by atoms with van der Waals surface area (Å²) in [5, 5.41) is 0. The number of fused-ring (bicyclic) bond motifs is 1. The molecule has 0 amide bonds. The number of Topliss-reactive ketones (excluding diaryl/α,β-unsaturated/α-hetero) is 1. The van der Waals surface area contributed by atoms with Gasteiger partial charge in [0.15, 0.2) is 12.4 Å². The summed E-state index contributed by atoms with van der Waals surface area (Å²) in [5.74, 6) is -2.33. The second-order valence-corrected chi connectivity index (χ2v) is 9.66. The molecule has 2 saturated carbocycles. The van der Waals surface area contributed by atoms with Crippen LogP contribution in [0.25, 0.3) is 0 Å². The van der Waals surface area contributed by atoms with Crippen molar-refractivity contribution in [2.75, 3.05) is 13.7 Å². The van der Waals surface area contributed by atoms with Gasteiger partial charge >= 0.3 is 17.9 Å². The predicted octanol–water partition coefficient (Wildman–Crippen LogP) is 3.21. The molecule has 0 N–H and O–H groups in total. The van der Waals surface area contributed by atoms with E-state index in [4.69, 9.17) is 18.9 Å². The number of ether oxygens (including phenoxy) is 4. The second-order valence-electron chi connectivity index (χ2n) is 8.61. The average molecular weight is 529 g/mol. The molecule has 176 valence electrons. The fourth-order valence-electron chi connectivity index (χ4n) is 5.29. The minimum atomic E-state index is -0.592. The topological polar surface area (TPSA) is 105 Å². The van der Waals surface area contributed by atoms with Crippen LogP contribution in [0.4, 0.5) is 0 Å². The normalized spacial score (nSPS) is 28.4. The zero-order chi connectivity index (χ0) is 24.0. The summed E-state index contributed by atoms with van der Waals surface area (Å²) < 4.78 is 21.2. The molecule has 5 rings (SSSR count). The van der Waals surface area contributed by atoms with Gasteiger partial charge in [-0.2, -0.15) is 0 Å². The van der Waals surface area contributed by atoms with Crippen LogP contribution in [0, 0.1) is 23.7 Å². The quantitative estimate of drug-likeness (QED) is 0.233. The van der Waals surface area contributed by atoms with E-state index >= 15 is 0 Å². The third-order valence-corrected chi connectivity index (χ3v) is 8.05. The Balaban J connectivity index is 1.18. The van der Waals surface area contributed by atoms with Crippen molar-refractivity contribution >= 4 is 39.6 Å². The van der Waals surface area contributed by atoms with Crippen molar-refractivity contribution in [3.05, 3.63) is 59.7 Å². The molecule has 3 aliphatic rings. The van der Waals surface area contributed by atoms with Crippen LogP contribution in [0.15, 0.2) is 48.5 Å². The van der Waals surface area contributed by atoms with Gasteiger partial charge in [0.05, 0.1) is 23.8 Å². The number of benzene rings is 2. The fraction of sp³-hybridized carbons (Fsp3) is 0.360. The van der Waals surface area contributed by atoms with E-state index in [0.717, 1.165) is 6.42 Å². The molecule has 3 fully saturated rings. The maximum absolute atomic E-state index is 12.7. The molecule has 0 radical (unpaired) electrons. The first-order valence-electron chi connectivity index (χ1n) is 10.9. The highest BCUT2D eigenvalue weighted by Crippen LogP contribution is 2.60. The van der Waals surface area contributed by atoms with Crippen molar-refractivity contribution < 1.29 is 38.1 Å². The predicted molar refractivity (Wildman–Crippen MR) is 121 cm³/mol. The number of esters is 3.